The summed E-state index contributed by atoms with van der Waals surface area (Å²) in [6, 6.07) is 8.22. The Hall–Kier alpha value is -2.37. The first-order valence-corrected chi connectivity index (χ1v) is 9.62. The van der Waals surface area contributed by atoms with E-state index in [9.17, 15) is 9.59 Å². The van der Waals surface area contributed by atoms with E-state index >= 15 is 0 Å². The first-order valence-electron chi connectivity index (χ1n) is 9.62. The second kappa shape index (κ2) is 5.83. The van der Waals surface area contributed by atoms with Gasteiger partial charge in [-0.15, -0.1) is 0 Å². The van der Waals surface area contributed by atoms with Crippen molar-refractivity contribution in [1.29, 1.82) is 0 Å². The second-order valence-electron chi connectivity index (χ2n) is 8.07. The highest BCUT2D eigenvalue weighted by molar-refractivity contribution is 6.04. The Labute approximate surface area is 152 Å². The molecule has 1 aromatic carbocycles. The number of aryl methyl sites for hydroxylation is 1. The van der Waals surface area contributed by atoms with Crippen molar-refractivity contribution >= 4 is 22.7 Å². The predicted octanol–water partition coefficient (Wildman–Crippen LogP) is 2.05. The zero-order valence-corrected chi connectivity index (χ0v) is 15.1. The molecular formula is C20H24N4O2. The molecule has 0 radical (unpaired) electrons. The summed E-state index contributed by atoms with van der Waals surface area (Å²) in [5.41, 5.74) is 1.54. The van der Waals surface area contributed by atoms with Crippen LogP contribution in [-0.2, 0) is 11.8 Å². The largest absolute Gasteiger partial charge is 0.339 e. The first kappa shape index (κ1) is 15.9. The molecule has 0 aliphatic carbocycles. The monoisotopic (exact) mass is 352 g/mol. The Morgan fingerprint density at radius 3 is 2.92 bits per heavy atom. The van der Waals surface area contributed by atoms with Gasteiger partial charge in [0, 0.05) is 44.5 Å². The van der Waals surface area contributed by atoms with Crippen LogP contribution in [0.2, 0.25) is 0 Å². The van der Waals surface area contributed by atoms with Crippen molar-refractivity contribution in [2.75, 3.05) is 19.6 Å². The SMILES string of the molecule is Cn1nc(C(=O)N2C[C@@H]3C[C@@H](C2)C2CCCC(=O)N2C3)c2ccccc21. The number of fused-ring (bicyclic) bond motifs is 5. The van der Waals surface area contributed by atoms with Crippen molar-refractivity contribution in [3.8, 4) is 0 Å². The number of aromatic nitrogens is 2. The molecule has 3 fully saturated rings. The lowest BCUT2D eigenvalue weighted by molar-refractivity contribution is -0.144. The van der Waals surface area contributed by atoms with Crippen LogP contribution in [0.25, 0.3) is 10.9 Å². The minimum Gasteiger partial charge on any atom is -0.339 e. The zero-order valence-electron chi connectivity index (χ0n) is 15.1. The van der Waals surface area contributed by atoms with Gasteiger partial charge in [0.25, 0.3) is 5.91 Å². The average molecular weight is 352 g/mol. The number of rotatable bonds is 1. The molecule has 1 unspecified atom stereocenters. The molecule has 3 aliphatic rings. The predicted molar refractivity (Wildman–Crippen MR) is 97.6 cm³/mol. The fourth-order valence-electron chi connectivity index (χ4n) is 5.30. The van der Waals surface area contributed by atoms with Crippen LogP contribution in [0.15, 0.2) is 24.3 Å². The van der Waals surface area contributed by atoms with Crippen molar-refractivity contribution < 1.29 is 9.59 Å². The molecule has 3 aliphatic heterocycles. The standard InChI is InChI=1S/C20H24N4O2/c1-22-17-6-3-2-5-15(17)19(21-22)20(26)23-10-13-9-14(12-23)16-7-4-8-18(25)24(16)11-13/h2-3,5-6,13-14,16H,4,7-12H2,1H3/t13-,14-,16?/m0/s1. The molecule has 0 N–H and O–H groups in total. The van der Waals surface area contributed by atoms with Gasteiger partial charge in [-0.2, -0.15) is 5.10 Å². The number of carbonyl (C=O) groups excluding carboxylic acids is 2. The van der Waals surface area contributed by atoms with Gasteiger partial charge in [0.1, 0.15) is 0 Å². The van der Waals surface area contributed by atoms with Crippen LogP contribution >= 0.6 is 0 Å². The van der Waals surface area contributed by atoms with E-state index < -0.39 is 0 Å². The number of piperidine rings is 3. The molecule has 0 spiro atoms. The number of benzene rings is 1. The normalized spacial score (nSPS) is 28.3. The van der Waals surface area contributed by atoms with E-state index in [1.807, 2.05) is 36.2 Å². The average Bonchev–Trinajstić information content (AvgIpc) is 2.99. The molecule has 2 bridgehead atoms. The molecule has 4 heterocycles. The van der Waals surface area contributed by atoms with Gasteiger partial charge in [0.15, 0.2) is 5.69 Å². The van der Waals surface area contributed by atoms with Crippen LogP contribution in [0.3, 0.4) is 0 Å². The maximum Gasteiger partial charge on any atom is 0.275 e. The van der Waals surface area contributed by atoms with Crippen LogP contribution < -0.4 is 0 Å². The molecule has 2 amide bonds. The summed E-state index contributed by atoms with van der Waals surface area (Å²) in [6.07, 6.45) is 3.90. The zero-order chi connectivity index (χ0) is 17.8. The van der Waals surface area contributed by atoms with Crippen molar-refractivity contribution in [2.24, 2.45) is 18.9 Å². The van der Waals surface area contributed by atoms with E-state index in [0.29, 0.717) is 35.9 Å². The van der Waals surface area contributed by atoms with Gasteiger partial charge in [-0.05, 0) is 37.2 Å². The van der Waals surface area contributed by atoms with Gasteiger partial charge < -0.3 is 9.80 Å². The molecule has 0 saturated carbocycles. The van der Waals surface area contributed by atoms with Crippen molar-refractivity contribution in [2.45, 2.75) is 31.7 Å². The highest BCUT2D eigenvalue weighted by Gasteiger charge is 2.45. The minimum atomic E-state index is 0.0343. The lowest BCUT2D eigenvalue weighted by Crippen LogP contribution is -2.61. The number of hydrogen-bond acceptors (Lipinski definition) is 3. The van der Waals surface area contributed by atoms with Gasteiger partial charge >= 0.3 is 0 Å². The van der Waals surface area contributed by atoms with Crippen molar-refractivity contribution in [1.82, 2.24) is 19.6 Å². The van der Waals surface area contributed by atoms with Gasteiger partial charge in [-0.1, -0.05) is 18.2 Å². The number of nitrogens with zero attached hydrogens (tertiary/aromatic N) is 4. The molecule has 26 heavy (non-hydrogen) atoms. The molecule has 3 saturated heterocycles. The van der Waals surface area contributed by atoms with Gasteiger partial charge in [-0.3, -0.25) is 14.3 Å². The summed E-state index contributed by atoms with van der Waals surface area (Å²) >= 11 is 0. The van der Waals surface area contributed by atoms with Crippen LogP contribution in [-0.4, -0.2) is 57.1 Å². The number of amides is 2. The Bertz CT molecular complexity index is 889. The minimum absolute atomic E-state index is 0.0343. The third kappa shape index (κ3) is 2.35. The quantitative estimate of drug-likeness (QED) is 0.789. The van der Waals surface area contributed by atoms with Crippen molar-refractivity contribution in [3.05, 3.63) is 30.0 Å². The Morgan fingerprint density at radius 2 is 2.04 bits per heavy atom. The third-order valence-electron chi connectivity index (χ3n) is 6.43. The first-order chi connectivity index (χ1) is 12.6. The fourth-order valence-corrected chi connectivity index (χ4v) is 5.30. The van der Waals surface area contributed by atoms with Gasteiger partial charge in [0.05, 0.1) is 5.52 Å². The fraction of sp³-hybridized carbons (Fsp3) is 0.550. The molecular weight excluding hydrogens is 328 g/mol. The van der Waals surface area contributed by atoms with Crippen LogP contribution in [0.4, 0.5) is 0 Å². The summed E-state index contributed by atoms with van der Waals surface area (Å²) in [4.78, 5) is 29.6. The maximum absolute atomic E-state index is 13.3. The molecule has 6 heteroatoms. The lowest BCUT2D eigenvalue weighted by atomic mass is 9.76. The molecule has 6 nitrogen and oxygen atoms in total. The van der Waals surface area contributed by atoms with Crippen LogP contribution in [0.5, 0.6) is 0 Å². The Balaban J connectivity index is 1.43. The topological polar surface area (TPSA) is 58.4 Å². The molecule has 136 valence electrons. The lowest BCUT2D eigenvalue weighted by Gasteiger charge is -2.52. The highest BCUT2D eigenvalue weighted by Crippen LogP contribution is 2.38. The van der Waals surface area contributed by atoms with E-state index in [0.717, 1.165) is 49.8 Å². The smallest absolute Gasteiger partial charge is 0.275 e. The van der Waals surface area contributed by atoms with Crippen molar-refractivity contribution in [3.63, 3.8) is 0 Å². The van der Waals surface area contributed by atoms with E-state index in [4.69, 9.17) is 0 Å². The number of para-hydroxylation sites is 1. The number of hydrogen-bond donors (Lipinski definition) is 0. The number of carbonyl (C=O) groups is 2. The summed E-state index contributed by atoms with van der Waals surface area (Å²) in [6.45, 7) is 2.29. The maximum atomic E-state index is 13.3. The molecule has 1 aromatic heterocycles. The van der Waals surface area contributed by atoms with Crippen LogP contribution in [0.1, 0.15) is 36.2 Å². The van der Waals surface area contributed by atoms with E-state index in [2.05, 4.69) is 10.00 Å². The molecule has 5 rings (SSSR count). The summed E-state index contributed by atoms with van der Waals surface area (Å²) in [5, 5.41) is 5.43. The summed E-state index contributed by atoms with van der Waals surface area (Å²) in [7, 11) is 1.88. The number of likely N-dealkylation sites (tertiary alicyclic amines) is 1. The highest BCUT2D eigenvalue weighted by atomic mass is 16.2. The van der Waals surface area contributed by atoms with E-state index in [1.54, 1.807) is 4.68 Å². The second-order valence-corrected chi connectivity index (χ2v) is 8.07. The molecule has 2 aromatic rings. The van der Waals surface area contributed by atoms with Gasteiger partial charge in [0.2, 0.25) is 5.91 Å². The van der Waals surface area contributed by atoms with Gasteiger partial charge in [-0.25, -0.2) is 0 Å². The summed E-state index contributed by atoms with van der Waals surface area (Å²) < 4.78 is 1.79. The Morgan fingerprint density at radius 1 is 1.19 bits per heavy atom. The summed E-state index contributed by atoms with van der Waals surface area (Å²) in [5.74, 6) is 1.15. The molecule has 3 atom stereocenters. The van der Waals surface area contributed by atoms with Crippen LogP contribution in [0, 0.1) is 11.8 Å². The third-order valence-corrected chi connectivity index (χ3v) is 6.43. The Kier molecular flexibility index (Phi) is 3.55. The van der Waals surface area contributed by atoms with E-state index in [1.165, 1.54) is 0 Å². The van der Waals surface area contributed by atoms with E-state index in [-0.39, 0.29) is 5.91 Å².